The highest BCUT2D eigenvalue weighted by molar-refractivity contribution is 5.77. The molecule has 3 rings (SSSR count). The average Bonchev–Trinajstić information content (AvgIpc) is 2.91. The number of aryl methyl sites for hydroxylation is 2. The molecule has 0 bridgehead atoms. The van der Waals surface area contributed by atoms with E-state index in [1.165, 1.54) is 6.07 Å². The van der Waals surface area contributed by atoms with Crippen molar-refractivity contribution < 1.29 is 4.39 Å². The Morgan fingerprint density at radius 3 is 2.95 bits per heavy atom. The van der Waals surface area contributed by atoms with E-state index < -0.39 is 0 Å². The van der Waals surface area contributed by atoms with Gasteiger partial charge in [0, 0.05) is 18.8 Å². The highest BCUT2D eigenvalue weighted by Crippen LogP contribution is 2.38. The molecule has 5 heteroatoms. The molecule has 0 atom stereocenters. The second kappa shape index (κ2) is 4.26. The van der Waals surface area contributed by atoms with Crippen LogP contribution in [0.3, 0.4) is 0 Å². The smallest absolute Gasteiger partial charge is 0.155 e. The van der Waals surface area contributed by atoms with Crippen molar-refractivity contribution in [3.8, 4) is 0 Å². The highest BCUT2D eigenvalue weighted by Gasteiger charge is 2.26. The van der Waals surface area contributed by atoms with Crippen LogP contribution < -0.4 is 10.6 Å². The Morgan fingerprint density at radius 1 is 1.42 bits per heavy atom. The van der Waals surface area contributed by atoms with Gasteiger partial charge in [0.05, 0.1) is 11.4 Å². The summed E-state index contributed by atoms with van der Waals surface area (Å²) in [7, 11) is 0. The number of halogens is 1. The fraction of sp³-hybridized carbons (Fsp3) is 0.357. The molecule has 0 unspecified atom stereocenters. The van der Waals surface area contributed by atoms with Crippen molar-refractivity contribution in [3.63, 3.8) is 0 Å². The normalized spacial score (nSPS) is 13.9. The van der Waals surface area contributed by atoms with Crippen molar-refractivity contribution in [1.82, 2.24) is 9.78 Å². The summed E-state index contributed by atoms with van der Waals surface area (Å²) in [5, 5.41) is 4.42. The number of hydrogen-bond donors (Lipinski definition) is 1. The molecule has 0 saturated carbocycles. The minimum atomic E-state index is -0.219. The summed E-state index contributed by atoms with van der Waals surface area (Å²) < 4.78 is 15.3. The maximum Gasteiger partial charge on any atom is 0.155 e. The van der Waals surface area contributed by atoms with Crippen LogP contribution in [0.25, 0.3) is 0 Å². The van der Waals surface area contributed by atoms with Gasteiger partial charge in [0.1, 0.15) is 5.82 Å². The Morgan fingerprint density at radius 2 is 2.21 bits per heavy atom. The van der Waals surface area contributed by atoms with Crippen molar-refractivity contribution >= 4 is 17.2 Å². The molecule has 2 N–H and O–H groups in total. The molecule has 100 valence electrons. The molecule has 0 radical (unpaired) electrons. The van der Waals surface area contributed by atoms with E-state index >= 15 is 0 Å². The molecule has 0 spiro atoms. The monoisotopic (exact) mass is 260 g/mol. The van der Waals surface area contributed by atoms with E-state index in [0.717, 1.165) is 42.3 Å². The standard InChI is InChI=1S/C14H17FN4/c1-3-19-14(13(16)9(2)17-19)18-7-6-10-4-5-11(15)8-12(10)18/h4-5,8H,3,6-7,16H2,1-2H3. The van der Waals surface area contributed by atoms with Gasteiger partial charge in [0.25, 0.3) is 0 Å². The van der Waals surface area contributed by atoms with Crippen molar-refractivity contribution in [2.75, 3.05) is 17.2 Å². The van der Waals surface area contributed by atoms with Gasteiger partial charge in [-0.2, -0.15) is 5.10 Å². The van der Waals surface area contributed by atoms with E-state index in [1.807, 2.05) is 24.6 Å². The largest absolute Gasteiger partial charge is 0.394 e. The first-order valence-electron chi connectivity index (χ1n) is 6.50. The third kappa shape index (κ3) is 1.77. The zero-order valence-corrected chi connectivity index (χ0v) is 11.2. The van der Waals surface area contributed by atoms with Crippen molar-refractivity contribution in [2.24, 2.45) is 0 Å². The summed E-state index contributed by atoms with van der Waals surface area (Å²) in [5.41, 5.74) is 9.69. The molecule has 0 saturated heterocycles. The van der Waals surface area contributed by atoms with Crippen LogP contribution >= 0.6 is 0 Å². The predicted octanol–water partition coefficient (Wildman–Crippen LogP) is 2.63. The number of rotatable bonds is 2. The lowest BCUT2D eigenvalue weighted by Gasteiger charge is -2.21. The topological polar surface area (TPSA) is 47.1 Å². The van der Waals surface area contributed by atoms with E-state index in [4.69, 9.17) is 5.73 Å². The fourth-order valence-corrected chi connectivity index (χ4v) is 2.66. The van der Waals surface area contributed by atoms with E-state index in [0.29, 0.717) is 5.69 Å². The molecule has 1 aromatic heterocycles. The summed E-state index contributed by atoms with van der Waals surface area (Å²) in [6.45, 7) is 5.48. The molecule has 1 aliphatic heterocycles. The van der Waals surface area contributed by atoms with Crippen LogP contribution in [-0.2, 0) is 13.0 Å². The van der Waals surface area contributed by atoms with Crippen LogP contribution in [-0.4, -0.2) is 16.3 Å². The van der Waals surface area contributed by atoms with Gasteiger partial charge >= 0.3 is 0 Å². The van der Waals surface area contributed by atoms with Gasteiger partial charge < -0.3 is 10.6 Å². The first-order valence-corrected chi connectivity index (χ1v) is 6.50. The summed E-state index contributed by atoms with van der Waals surface area (Å²) >= 11 is 0. The second-order valence-corrected chi connectivity index (χ2v) is 4.81. The number of benzene rings is 1. The lowest BCUT2D eigenvalue weighted by Crippen LogP contribution is -2.19. The number of nitrogens with zero attached hydrogens (tertiary/aromatic N) is 3. The fourth-order valence-electron chi connectivity index (χ4n) is 2.66. The maximum absolute atomic E-state index is 13.5. The number of hydrogen-bond acceptors (Lipinski definition) is 3. The quantitative estimate of drug-likeness (QED) is 0.903. The number of aromatic nitrogens is 2. The van der Waals surface area contributed by atoms with E-state index in [9.17, 15) is 4.39 Å². The third-order valence-corrected chi connectivity index (χ3v) is 3.64. The Hall–Kier alpha value is -2.04. The molecule has 0 fully saturated rings. The third-order valence-electron chi connectivity index (χ3n) is 3.64. The molecule has 1 aliphatic rings. The van der Waals surface area contributed by atoms with Gasteiger partial charge in [-0.1, -0.05) is 6.07 Å². The molecular weight excluding hydrogens is 243 g/mol. The van der Waals surface area contributed by atoms with Gasteiger partial charge in [0.2, 0.25) is 0 Å². The van der Waals surface area contributed by atoms with Crippen LogP contribution in [0.5, 0.6) is 0 Å². The van der Waals surface area contributed by atoms with Gasteiger partial charge in [0.15, 0.2) is 5.82 Å². The zero-order chi connectivity index (χ0) is 13.6. The molecule has 0 amide bonds. The SMILES string of the molecule is CCn1nc(C)c(N)c1N1CCc2ccc(F)cc21. The highest BCUT2D eigenvalue weighted by atomic mass is 19.1. The average molecular weight is 260 g/mol. The molecular formula is C14H17FN4. The second-order valence-electron chi connectivity index (χ2n) is 4.81. The number of nitrogens with two attached hydrogens (primary N) is 1. The Balaban J connectivity index is 2.13. The molecule has 2 aromatic rings. The van der Waals surface area contributed by atoms with E-state index in [-0.39, 0.29) is 5.82 Å². The van der Waals surface area contributed by atoms with E-state index in [2.05, 4.69) is 10.00 Å². The number of fused-ring (bicyclic) bond motifs is 1. The minimum absolute atomic E-state index is 0.219. The van der Waals surface area contributed by atoms with Crippen LogP contribution in [0.2, 0.25) is 0 Å². The number of anilines is 3. The van der Waals surface area contributed by atoms with Gasteiger partial charge in [-0.15, -0.1) is 0 Å². The summed E-state index contributed by atoms with van der Waals surface area (Å²) in [5.74, 6) is 0.660. The van der Waals surface area contributed by atoms with Gasteiger partial charge in [-0.25, -0.2) is 9.07 Å². The Kier molecular flexibility index (Phi) is 2.69. The lowest BCUT2D eigenvalue weighted by molar-refractivity contribution is 0.627. The summed E-state index contributed by atoms with van der Waals surface area (Å²) in [6, 6.07) is 4.93. The van der Waals surface area contributed by atoms with E-state index in [1.54, 1.807) is 6.07 Å². The van der Waals surface area contributed by atoms with Crippen molar-refractivity contribution in [2.45, 2.75) is 26.8 Å². The molecule has 0 aliphatic carbocycles. The Labute approximate surface area is 111 Å². The predicted molar refractivity (Wildman–Crippen MR) is 74.2 cm³/mol. The van der Waals surface area contributed by atoms with Crippen LogP contribution in [0.1, 0.15) is 18.2 Å². The lowest BCUT2D eigenvalue weighted by atomic mass is 10.2. The minimum Gasteiger partial charge on any atom is -0.394 e. The first-order chi connectivity index (χ1) is 9.11. The van der Waals surface area contributed by atoms with Gasteiger partial charge in [-0.3, -0.25) is 0 Å². The Bertz CT molecular complexity index is 633. The van der Waals surface area contributed by atoms with Crippen LogP contribution in [0, 0.1) is 12.7 Å². The maximum atomic E-state index is 13.5. The van der Waals surface area contributed by atoms with Crippen LogP contribution in [0.4, 0.5) is 21.6 Å². The van der Waals surface area contributed by atoms with Crippen molar-refractivity contribution in [1.29, 1.82) is 0 Å². The molecule has 19 heavy (non-hydrogen) atoms. The van der Waals surface area contributed by atoms with Crippen LogP contribution in [0.15, 0.2) is 18.2 Å². The van der Waals surface area contributed by atoms with Crippen molar-refractivity contribution in [3.05, 3.63) is 35.3 Å². The number of nitrogen functional groups attached to an aromatic ring is 1. The molecule has 2 heterocycles. The van der Waals surface area contributed by atoms with Gasteiger partial charge in [-0.05, 0) is 38.0 Å². The summed E-state index contributed by atoms with van der Waals surface area (Å²) in [6.07, 6.45) is 0.906. The molecule has 4 nitrogen and oxygen atoms in total. The zero-order valence-electron chi connectivity index (χ0n) is 11.2. The first kappa shape index (κ1) is 12.0. The summed E-state index contributed by atoms with van der Waals surface area (Å²) in [4.78, 5) is 2.07. The molecule has 1 aromatic carbocycles.